The normalized spacial score (nSPS) is 27.9. The van der Waals surface area contributed by atoms with Crippen LogP contribution in [0.4, 0.5) is 13.2 Å². The number of hydrogen-bond donors (Lipinski definition) is 0. The van der Waals surface area contributed by atoms with Crippen molar-refractivity contribution in [2.75, 3.05) is 0 Å². The standard InChI is InChI=1S/C17H29F3O5SSi/c1-16(2,3)27(4,5)25-14-10-7-9-13-12(14)8-6-11-15(23-13)24-26(21,22)17(18,19)20/h11-14H,6-10H2,1-5H3/t12-,13+,14-/m1/s1. The largest absolute Gasteiger partial charge is 0.534 e. The molecule has 158 valence electrons. The summed E-state index contributed by atoms with van der Waals surface area (Å²) in [7, 11) is -7.74. The van der Waals surface area contributed by atoms with Crippen LogP contribution in [0.2, 0.25) is 18.1 Å². The molecule has 27 heavy (non-hydrogen) atoms. The number of allylic oxidation sites excluding steroid dienone is 1. The molecule has 5 nitrogen and oxygen atoms in total. The minimum atomic E-state index is -5.73. The van der Waals surface area contributed by atoms with Gasteiger partial charge in [-0.05, 0) is 56.3 Å². The molecule has 0 N–H and O–H groups in total. The summed E-state index contributed by atoms with van der Waals surface area (Å²) < 4.78 is 76.6. The number of alkyl halides is 3. The van der Waals surface area contributed by atoms with Crippen LogP contribution in [0.1, 0.15) is 52.9 Å². The monoisotopic (exact) mass is 430 g/mol. The topological polar surface area (TPSA) is 61.8 Å². The summed E-state index contributed by atoms with van der Waals surface area (Å²) >= 11 is 0. The van der Waals surface area contributed by atoms with Gasteiger partial charge in [0.05, 0.1) is 6.10 Å². The fourth-order valence-electron chi connectivity index (χ4n) is 3.21. The molecule has 0 amide bonds. The molecule has 3 atom stereocenters. The van der Waals surface area contributed by atoms with Crippen molar-refractivity contribution < 1.29 is 34.9 Å². The van der Waals surface area contributed by atoms with Crippen LogP contribution in [-0.2, 0) is 23.5 Å². The van der Waals surface area contributed by atoms with Gasteiger partial charge in [-0.2, -0.15) is 21.6 Å². The van der Waals surface area contributed by atoms with Gasteiger partial charge in [0.25, 0.3) is 5.95 Å². The Labute approximate surface area is 160 Å². The Bertz CT molecular complexity index is 667. The van der Waals surface area contributed by atoms with Crippen LogP contribution >= 0.6 is 0 Å². The van der Waals surface area contributed by atoms with E-state index in [0.29, 0.717) is 19.3 Å². The molecule has 1 heterocycles. The molecular formula is C17H29F3O5SSi. The van der Waals surface area contributed by atoms with Crippen molar-refractivity contribution >= 4 is 18.4 Å². The van der Waals surface area contributed by atoms with Crippen LogP contribution < -0.4 is 0 Å². The van der Waals surface area contributed by atoms with Gasteiger partial charge in [-0.15, -0.1) is 0 Å². The van der Waals surface area contributed by atoms with Crippen LogP contribution in [0.15, 0.2) is 12.0 Å². The van der Waals surface area contributed by atoms with Gasteiger partial charge in [0.15, 0.2) is 8.32 Å². The van der Waals surface area contributed by atoms with Crippen molar-refractivity contribution in [3.8, 4) is 0 Å². The summed E-state index contributed by atoms with van der Waals surface area (Å²) in [4.78, 5) is 0. The average molecular weight is 431 g/mol. The summed E-state index contributed by atoms with van der Waals surface area (Å²) in [6, 6.07) is 0. The Kier molecular flexibility index (Phi) is 6.34. The second kappa shape index (κ2) is 7.59. The molecule has 1 fully saturated rings. The highest BCUT2D eigenvalue weighted by molar-refractivity contribution is 7.87. The second-order valence-electron chi connectivity index (χ2n) is 8.75. The zero-order chi connectivity index (χ0) is 20.7. The van der Waals surface area contributed by atoms with Crippen LogP contribution in [-0.4, -0.2) is 34.5 Å². The van der Waals surface area contributed by atoms with Crippen molar-refractivity contribution in [3.63, 3.8) is 0 Å². The Balaban J connectivity index is 2.12. The van der Waals surface area contributed by atoms with E-state index in [2.05, 4.69) is 38.0 Å². The molecule has 0 spiro atoms. The van der Waals surface area contributed by atoms with Gasteiger partial charge < -0.3 is 13.3 Å². The summed E-state index contributed by atoms with van der Waals surface area (Å²) in [5, 5.41) is 0.0405. The van der Waals surface area contributed by atoms with Gasteiger partial charge >= 0.3 is 15.6 Å². The number of fused-ring (bicyclic) bond motifs is 1. The molecule has 2 aliphatic rings. The van der Waals surface area contributed by atoms with Crippen molar-refractivity contribution in [1.29, 1.82) is 0 Å². The fourth-order valence-corrected chi connectivity index (χ4v) is 5.03. The zero-order valence-electron chi connectivity index (χ0n) is 16.4. The third-order valence-corrected chi connectivity index (χ3v) is 11.2. The molecule has 0 radical (unpaired) electrons. The van der Waals surface area contributed by atoms with E-state index < -0.39 is 36.0 Å². The first-order valence-electron chi connectivity index (χ1n) is 9.19. The SMILES string of the molecule is CC(C)(C)[Si](C)(C)O[C@@H]1CCC[C@@H]2OC(OS(=O)(=O)C(F)(F)F)=CCC[C@H]21. The zero-order valence-corrected chi connectivity index (χ0v) is 18.2. The first-order valence-corrected chi connectivity index (χ1v) is 13.5. The lowest BCUT2D eigenvalue weighted by atomic mass is 9.81. The van der Waals surface area contributed by atoms with Crippen molar-refractivity contribution in [2.45, 2.75) is 88.7 Å². The van der Waals surface area contributed by atoms with Crippen molar-refractivity contribution in [1.82, 2.24) is 0 Å². The van der Waals surface area contributed by atoms with Crippen LogP contribution in [0, 0.1) is 5.92 Å². The molecule has 1 saturated carbocycles. The van der Waals surface area contributed by atoms with Gasteiger partial charge in [-0.3, -0.25) is 0 Å². The molecule has 0 bridgehead atoms. The quantitative estimate of drug-likeness (QED) is 0.354. The van der Waals surface area contributed by atoms with E-state index in [1.807, 2.05) is 0 Å². The van der Waals surface area contributed by atoms with E-state index in [9.17, 15) is 21.6 Å². The van der Waals surface area contributed by atoms with E-state index in [1.165, 1.54) is 6.08 Å². The maximum Gasteiger partial charge on any atom is 0.534 e. The first-order chi connectivity index (χ1) is 12.1. The first kappa shape index (κ1) is 22.5. The molecular weight excluding hydrogens is 401 g/mol. The highest BCUT2D eigenvalue weighted by atomic mass is 32.2. The van der Waals surface area contributed by atoms with Crippen LogP contribution in [0.3, 0.4) is 0 Å². The predicted molar refractivity (Wildman–Crippen MR) is 97.7 cm³/mol. The Morgan fingerprint density at radius 1 is 1.15 bits per heavy atom. The third-order valence-electron chi connectivity index (χ3n) is 5.74. The van der Waals surface area contributed by atoms with Crippen molar-refractivity contribution in [3.05, 3.63) is 12.0 Å². The molecule has 0 saturated heterocycles. The third kappa shape index (κ3) is 5.20. The summed E-state index contributed by atoms with van der Waals surface area (Å²) in [5.41, 5.74) is -5.48. The van der Waals surface area contributed by atoms with Crippen LogP contribution in [0.5, 0.6) is 0 Å². The molecule has 0 aromatic heterocycles. The minimum Gasteiger partial charge on any atom is -0.461 e. The molecule has 0 unspecified atom stereocenters. The molecule has 2 rings (SSSR count). The van der Waals surface area contributed by atoms with E-state index in [4.69, 9.17) is 9.16 Å². The maximum atomic E-state index is 12.6. The number of hydrogen-bond acceptors (Lipinski definition) is 5. The molecule has 0 aromatic carbocycles. The van der Waals surface area contributed by atoms with E-state index in [1.54, 1.807) is 0 Å². The van der Waals surface area contributed by atoms with Gasteiger partial charge in [0, 0.05) is 5.92 Å². The van der Waals surface area contributed by atoms with E-state index >= 15 is 0 Å². The number of rotatable bonds is 4. The molecule has 0 aromatic rings. The van der Waals surface area contributed by atoms with Gasteiger partial charge in [0.2, 0.25) is 0 Å². The smallest absolute Gasteiger partial charge is 0.461 e. The van der Waals surface area contributed by atoms with Gasteiger partial charge in [-0.1, -0.05) is 20.8 Å². The Morgan fingerprint density at radius 2 is 1.78 bits per heavy atom. The minimum absolute atomic E-state index is 0.00110. The number of halogens is 3. The second-order valence-corrected chi connectivity index (χ2v) is 15.0. The Hall–Kier alpha value is -0.743. The predicted octanol–water partition coefficient (Wildman–Crippen LogP) is 5.06. The van der Waals surface area contributed by atoms with Gasteiger partial charge in [0.1, 0.15) is 6.10 Å². The van der Waals surface area contributed by atoms with E-state index in [-0.39, 0.29) is 17.1 Å². The fraction of sp³-hybridized carbons (Fsp3) is 0.882. The summed E-state index contributed by atoms with van der Waals surface area (Å²) in [6.45, 7) is 10.8. The van der Waals surface area contributed by atoms with Crippen LogP contribution in [0.25, 0.3) is 0 Å². The lowest BCUT2D eigenvalue weighted by molar-refractivity contribution is -0.0726. The summed E-state index contributed by atoms with van der Waals surface area (Å²) in [6.07, 6.45) is 4.17. The lowest BCUT2D eigenvalue weighted by Gasteiger charge is -2.44. The highest BCUT2D eigenvalue weighted by Crippen LogP contribution is 2.43. The molecule has 1 aliphatic heterocycles. The van der Waals surface area contributed by atoms with E-state index in [0.717, 1.165) is 12.8 Å². The van der Waals surface area contributed by atoms with Gasteiger partial charge in [-0.25, -0.2) is 0 Å². The lowest BCUT2D eigenvalue weighted by Crippen LogP contribution is -2.49. The Morgan fingerprint density at radius 3 is 2.33 bits per heavy atom. The highest BCUT2D eigenvalue weighted by Gasteiger charge is 2.50. The molecule has 10 heteroatoms. The maximum absolute atomic E-state index is 12.6. The average Bonchev–Trinajstić information content (AvgIpc) is 2.66. The van der Waals surface area contributed by atoms with Crippen molar-refractivity contribution in [2.24, 2.45) is 5.92 Å². The molecule has 1 aliphatic carbocycles. The number of ether oxygens (including phenoxy) is 1. The summed E-state index contributed by atoms with van der Waals surface area (Å²) in [5.74, 6) is -0.577.